The largest absolute Gasteiger partial charge is 0.545 e. The molecule has 15 heteroatoms. The third-order valence-electron chi connectivity index (χ3n) is 6.98. The van der Waals surface area contributed by atoms with Crippen molar-refractivity contribution in [1.29, 1.82) is 0 Å². The molecule has 1 unspecified atom stereocenters. The zero-order chi connectivity index (χ0) is 29.8. The Morgan fingerprint density at radius 3 is 2.63 bits per heavy atom. The van der Waals surface area contributed by atoms with Crippen molar-refractivity contribution in [2.45, 2.75) is 38.2 Å². The average molecular weight is 565 g/mol. The lowest BCUT2D eigenvalue weighted by Crippen LogP contribution is -2.58. The van der Waals surface area contributed by atoms with Crippen LogP contribution in [0.3, 0.4) is 0 Å². The normalized spacial score (nSPS) is 17.4. The second-order valence-corrected chi connectivity index (χ2v) is 9.72. The van der Waals surface area contributed by atoms with Crippen LogP contribution >= 0.6 is 0 Å². The number of Topliss-reactive ketones (excluding diaryl/α,β-unsaturated/α-hetero) is 1. The van der Waals surface area contributed by atoms with E-state index in [0.29, 0.717) is 12.1 Å². The van der Waals surface area contributed by atoms with Gasteiger partial charge in [0.05, 0.1) is 5.97 Å². The van der Waals surface area contributed by atoms with Gasteiger partial charge in [0.2, 0.25) is 6.54 Å². The Hall–Kier alpha value is -4.79. The Balaban J connectivity index is 1.59. The maximum absolute atomic E-state index is 13.7. The first-order chi connectivity index (χ1) is 19.5. The molecule has 214 valence electrons. The third kappa shape index (κ3) is 6.35. The second kappa shape index (κ2) is 12.2. The van der Waals surface area contributed by atoms with E-state index in [1.807, 2.05) is 0 Å². The first-order valence-electron chi connectivity index (χ1n) is 12.9. The molecule has 0 saturated carbocycles. The lowest BCUT2D eigenvalue weighted by Gasteiger charge is -2.33. The van der Waals surface area contributed by atoms with Crippen molar-refractivity contribution < 1.29 is 48.1 Å². The lowest BCUT2D eigenvalue weighted by atomic mass is 9.64. The molecule has 0 bridgehead atoms. The molecule has 4 rings (SSSR count). The van der Waals surface area contributed by atoms with Crippen LogP contribution in [0.5, 0.6) is 5.75 Å². The number of ketones is 1. The monoisotopic (exact) mass is 565 g/mol. The number of fused-ring (bicyclic) bond motifs is 1. The number of carbonyl (C=O) groups excluding carboxylic acids is 6. The van der Waals surface area contributed by atoms with Crippen molar-refractivity contribution in [3.05, 3.63) is 59.4 Å². The fourth-order valence-corrected chi connectivity index (χ4v) is 4.91. The number of urea groups is 1. The number of carboxylic acids is 1. The standard InChI is InChI=1S/C26H28BN5O9/c1-2-31-9-10-32(24(36)23(31)35)26(39)29-21(16-6-4-8-30(13-16)14-20(28)34)19(33)12-17-11-15-5-3-7-18(25(37)38)22(15)41-27(17)40/h3-8,13,17,21,40H,2,9-12,14H2,1H3,(H3-,28,29,34,37,38,39)/t17-,21?/m1/s1. The van der Waals surface area contributed by atoms with Crippen molar-refractivity contribution in [1.82, 2.24) is 15.1 Å². The van der Waals surface area contributed by atoms with Gasteiger partial charge in [-0.3, -0.25) is 24.1 Å². The average Bonchev–Trinajstić information content (AvgIpc) is 2.92. The number of nitrogens with zero attached hydrogens (tertiary/aromatic N) is 3. The highest BCUT2D eigenvalue weighted by Gasteiger charge is 2.41. The van der Waals surface area contributed by atoms with E-state index in [2.05, 4.69) is 5.32 Å². The zero-order valence-corrected chi connectivity index (χ0v) is 22.1. The first-order valence-corrected chi connectivity index (χ1v) is 12.9. The molecule has 3 heterocycles. The minimum absolute atomic E-state index is 0.0431. The number of nitrogens with two attached hydrogens (primary N) is 1. The summed E-state index contributed by atoms with van der Waals surface area (Å²) in [6, 6.07) is 5.12. The molecule has 1 fully saturated rings. The topological polar surface area (TPSA) is 203 Å². The number of rotatable bonds is 9. The number of aromatic nitrogens is 1. The molecule has 4 N–H and O–H groups in total. The number of pyridine rings is 1. The molecule has 2 atom stereocenters. The van der Waals surface area contributed by atoms with E-state index < -0.39 is 54.5 Å². The highest BCUT2D eigenvalue weighted by molar-refractivity contribution is 6.47. The molecule has 2 aliphatic heterocycles. The van der Waals surface area contributed by atoms with Gasteiger partial charge in [0.1, 0.15) is 11.8 Å². The number of amides is 5. The van der Waals surface area contributed by atoms with Crippen molar-refractivity contribution in [3.8, 4) is 5.75 Å². The van der Waals surface area contributed by atoms with Crippen molar-refractivity contribution >= 4 is 42.6 Å². The van der Waals surface area contributed by atoms with Crippen LogP contribution in [-0.2, 0) is 32.1 Å². The van der Waals surface area contributed by atoms with E-state index in [4.69, 9.17) is 10.4 Å². The zero-order valence-electron chi connectivity index (χ0n) is 22.1. The van der Waals surface area contributed by atoms with Crippen LogP contribution < -0.4 is 25.4 Å². The Morgan fingerprint density at radius 2 is 1.95 bits per heavy atom. The predicted molar refractivity (Wildman–Crippen MR) is 138 cm³/mol. The number of aromatic carboxylic acids is 1. The van der Waals surface area contributed by atoms with E-state index in [1.54, 1.807) is 13.0 Å². The quantitative estimate of drug-likeness (QED) is 0.170. The molecule has 1 saturated heterocycles. The van der Waals surface area contributed by atoms with Gasteiger partial charge in [-0.25, -0.2) is 4.79 Å². The van der Waals surface area contributed by atoms with E-state index in [9.17, 15) is 38.9 Å². The summed E-state index contributed by atoms with van der Waals surface area (Å²) in [4.78, 5) is 76.7. The summed E-state index contributed by atoms with van der Waals surface area (Å²) in [5, 5.41) is 24.6. The maximum atomic E-state index is 13.7. The number of imide groups is 1. The first kappa shape index (κ1) is 29.2. The number of likely N-dealkylation sites (N-methyl/N-ethyl adjacent to an activating group) is 1. The van der Waals surface area contributed by atoms with Crippen LogP contribution in [0.4, 0.5) is 4.79 Å². The summed E-state index contributed by atoms with van der Waals surface area (Å²) in [5.74, 6) is -5.43. The molecule has 1 aromatic carbocycles. The minimum atomic E-state index is -1.54. The summed E-state index contributed by atoms with van der Waals surface area (Å²) in [6.45, 7) is 1.85. The lowest BCUT2D eigenvalue weighted by molar-refractivity contribution is -0.684. The SMILES string of the molecule is CCN1CCN(C(=O)NC(C(=O)C[C@H]2Cc3cccc(C(=O)[O-])c3OB2O)c2ccc[n+](CC(N)=O)c2)C(=O)C1=O. The molecule has 0 spiro atoms. The van der Waals surface area contributed by atoms with Crippen LogP contribution in [-0.4, -0.2) is 77.1 Å². The number of para-hydroxylation sites is 1. The number of benzene rings is 1. The van der Waals surface area contributed by atoms with Crippen molar-refractivity contribution in [3.63, 3.8) is 0 Å². The smallest absolute Gasteiger partial charge is 0.526 e. The van der Waals surface area contributed by atoms with E-state index >= 15 is 0 Å². The summed E-state index contributed by atoms with van der Waals surface area (Å²) in [7, 11) is -1.54. The highest BCUT2D eigenvalue weighted by atomic mass is 16.5. The van der Waals surface area contributed by atoms with Crippen LogP contribution in [0.15, 0.2) is 42.7 Å². The number of carbonyl (C=O) groups is 6. The van der Waals surface area contributed by atoms with Crippen molar-refractivity contribution in [2.24, 2.45) is 5.73 Å². The number of piperazine rings is 1. The van der Waals surface area contributed by atoms with Gasteiger partial charge < -0.3 is 35.5 Å². The van der Waals surface area contributed by atoms with Gasteiger partial charge >= 0.3 is 25.0 Å². The van der Waals surface area contributed by atoms with Crippen LogP contribution in [0.2, 0.25) is 5.82 Å². The molecule has 5 amide bonds. The molecule has 2 aliphatic rings. The molecule has 2 aromatic rings. The summed E-state index contributed by atoms with van der Waals surface area (Å²) in [6.07, 6.45) is 2.74. The predicted octanol–water partition coefficient (Wildman–Crippen LogP) is -2.29. The number of nitrogens with one attached hydrogen (secondary N) is 1. The second-order valence-electron chi connectivity index (χ2n) is 9.72. The highest BCUT2D eigenvalue weighted by Crippen LogP contribution is 2.37. The Labute approximate surface area is 234 Å². The molecule has 0 aliphatic carbocycles. The molecule has 0 radical (unpaired) electrons. The van der Waals surface area contributed by atoms with Gasteiger partial charge in [0, 0.05) is 49.1 Å². The van der Waals surface area contributed by atoms with Gasteiger partial charge in [-0.2, -0.15) is 4.57 Å². The number of carboxylic acid groups (broad SMARTS) is 1. The molecule has 41 heavy (non-hydrogen) atoms. The Morgan fingerprint density at radius 1 is 1.20 bits per heavy atom. The van der Waals surface area contributed by atoms with E-state index in [1.165, 1.54) is 46.1 Å². The molecular formula is C26H28BN5O9. The van der Waals surface area contributed by atoms with Crippen LogP contribution in [0, 0.1) is 0 Å². The maximum Gasteiger partial charge on any atom is 0.526 e. The van der Waals surface area contributed by atoms with Crippen LogP contribution in [0.25, 0.3) is 0 Å². The molecule has 1 aromatic heterocycles. The fraction of sp³-hybridized carbons (Fsp3) is 0.346. The fourth-order valence-electron chi connectivity index (χ4n) is 4.91. The molecule has 14 nitrogen and oxygen atoms in total. The third-order valence-corrected chi connectivity index (χ3v) is 6.98. The van der Waals surface area contributed by atoms with Crippen molar-refractivity contribution in [2.75, 3.05) is 19.6 Å². The number of hydrogen-bond donors (Lipinski definition) is 3. The van der Waals surface area contributed by atoms with Crippen LogP contribution in [0.1, 0.15) is 40.9 Å². The van der Waals surface area contributed by atoms with E-state index in [0.717, 1.165) is 4.90 Å². The number of hydrogen-bond acceptors (Lipinski definition) is 9. The van der Waals surface area contributed by atoms with Gasteiger partial charge in [-0.05, 0) is 31.0 Å². The number of primary amides is 1. The summed E-state index contributed by atoms with van der Waals surface area (Å²) >= 11 is 0. The summed E-state index contributed by atoms with van der Waals surface area (Å²) in [5.41, 5.74) is 5.76. The Bertz CT molecular complexity index is 1420. The minimum Gasteiger partial charge on any atom is -0.545 e. The van der Waals surface area contributed by atoms with Gasteiger partial charge in [-0.15, -0.1) is 0 Å². The summed E-state index contributed by atoms with van der Waals surface area (Å²) < 4.78 is 6.87. The van der Waals surface area contributed by atoms with E-state index in [-0.39, 0.29) is 49.4 Å². The molecular weight excluding hydrogens is 537 g/mol. The van der Waals surface area contributed by atoms with Gasteiger partial charge in [0.25, 0.3) is 5.91 Å². The Kier molecular flexibility index (Phi) is 8.66. The van der Waals surface area contributed by atoms with Gasteiger partial charge in [0.15, 0.2) is 18.2 Å². The van der Waals surface area contributed by atoms with Gasteiger partial charge in [-0.1, -0.05) is 12.1 Å².